The molecular formula is C56H122O10Si6. The second kappa shape index (κ2) is 31.2. The normalized spacial score (nSPS) is 17.2. The van der Waals surface area contributed by atoms with Gasteiger partial charge < -0.3 is 46.9 Å². The molecule has 0 aliphatic rings. The summed E-state index contributed by atoms with van der Waals surface area (Å²) in [6, 6.07) is 2.10. The molecule has 0 amide bonds. The Hall–Kier alpha value is 0.381. The van der Waals surface area contributed by atoms with E-state index in [0.717, 1.165) is 37.8 Å². The standard InChI is InChI=1S/C56H122O10Si6/c1-53(2,3)69(19,20)63-39-31-27-29-33-49(61-45-59-41-43-67(13,14)15)47(57)35-37-51(65-71(23,24)55(7,8)9)52(66-72(25,26)56(10,11)12)38-36-48(58)50(62-46-60-42-44-68(16,17)18)34-30-28-32-40-64-70(21,22)54(4,5)6/h29-30,33-34,47-52,57-58H,27-28,31-32,35-46H2,1-26H3/b33-29+,34-30+/t47-,48-,49+,50+,51+,52+/m0/s1. The molecule has 0 saturated heterocycles. The molecule has 10 nitrogen and oxygen atoms in total. The van der Waals surface area contributed by atoms with E-state index in [9.17, 15) is 10.2 Å². The van der Waals surface area contributed by atoms with Crippen LogP contribution in [0.15, 0.2) is 24.3 Å². The number of hydrogen-bond donors (Lipinski definition) is 2. The van der Waals surface area contributed by atoms with Crippen molar-refractivity contribution in [3.63, 3.8) is 0 Å². The topological polar surface area (TPSA) is 114 Å². The van der Waals surface area contributed by atoms with E-state index in [1.807, 2.05) is 12.2 Å². The molecule has 0 rings (SSSR count). The predicted octanol–water partition coefficient (Wildman–Crippen LogP) is 16.2. The molecule has 6 atom stereocenters. The van der Waals surface area contributed by atoms with E-state index in [-0.39, 0.29) is 45.9 Å². The minimum atomic E-state index is -2.36. The Morgan fingerprint density at radius 1 is 0.403 bits per heavy atom. The lowest BCUT2D eigenvalue weighted by molar-refractivity contribution is -0.110. The van der Waals surface area contributed by atoms with Crippen LogP contribution < -0.4 is 0 Å². The highest BCUT2D eigenvalue weighted by molar-refractivity contribution is 6.77. The molecule has 0 aromatic rings. The van der Waals surface area contributed by atoms with Crippen LogP contribution in [0.3, 0.4) is 0 Å². The van der Waals surface area contributed by atoms with Gasteiger partial charge in [0.15, 0.2) is 33.3 Å². The van der Waals surface area contributed by atoms with E-state index < -0.39 is 73.8 Å². The summed E-state index contributed by atoms with van der Waals surface area (Å²) in [6.45, 7) is 62.6. The third kappa shape index (κ3) is 29.9. The number of ether oxygens (including phenoxy) is 4. The molecule has 16 heteroatoms. The fraction of sp³-hybridized carbons (Fsp3) is 0.929. The van der Waals surface area contributed by atoms with Gasteiger partial charge >= 0.3 is 0 Å². The Balaban J connectivity index is 6.83. The number of rotatable bonds is 37. The van der Waals surface area contributed by atoms with E-state index in [2.05, 4.69) is 187 Å². The molecule has 0 aliphatic heterocycles. The maximum atomic E-state index is 12.1. The van der Waals surface area contributed by atoms with Crippen LogP contribution in [-0.2, 0) is 36.7 Å². The van der Waals surface area contributed by atoms with Gasteiger partial charge in [-0.1, -0.05) is 147 Å². The molecule has 0 aromatic carbocycles. The van der Waals surface area contributed by atoms with Crippen LogP contribution in [0.5, 0.6) is 0 Å². The lowest BCUT2D eigenvalue weighted by atomic mass is 9.97. The molecule has 0 unspecified atom stereocenters. The lowest BCUT2D eigenvalue weighted by Gasteiger charge is -2.45. The first-order chi connectivity index (χ1) is 32.4. The summed E-state index contributed by atoms with van der Waals surface area (Å²) in [5, 5.41) is 24.4. The van der Waals surface area contributed by atoms with E-state index in [1.54, 1.807) is 0 Å². The van der Waals surface area contributed by atoms with E-state index >= 15 is 0 Å². The third-order valence-corrected chi connectivity index (χ3v) is 37.6. The van der Waals surface area contributed by atoms with Crippen molar-refractivity contribution < 1.29 is 46.9 Å². The number of allylic oxidation sites excluding steroid dienone is 2. The monoisotopic (exact) mass is 1120 g/mol. The van der Waals surface area contributed by atoms with Crippen molar-refractivity contribution in [2.75, 3.05) is 40.0 Å². The number of unbranched alkanes of at least 4 members (excludes halogenated alkanes) is 2. The van der Waals surface area contributed by atoms with Gasteiger partial charge in [-0.3, -0.25) is 0 Å². The molecular weight excluding hydrogens is 1000 g/mol. The van der Waals surface area contributed by atoms with Crippen LogP contribution in [0.2, 0.25) is 124 Å². The molecule has 0 spiro atoms. The molecule has 0 heterocycles. The zero-order valence-electron chi connectivity index (χ0n) is 52.2. The van der Waals surface area contributed by atoms with Crippen LogP contribution in [-0.4, -0.2) is 136 Å². The highest BCUT2D eigenvalue weighted by atomic mass is 28.4. The first-order valence-electron chi connectivity index (χ1n) is 28.1. The van der Waals surface area contributed by atoms with E-state index in [1.165, 1.54) is 0 Å². The van der Waals surface area contributed by atoms with Gasteiger partial charge in [-0.25, -0.2) is 0 Å². The quantitative estimate of drug-likeness (QED) is 0.0270. The minimum absolute atomic E-state index is 0.0598. The molecule has 2 N–H and O–H groups in total. The summed E-state index contributed by atoms with van der Waals surface area (Å²) in [4.78, 5) is 0. The van der Waals surface area contributed by atoms with Crippen LogP contribution in [0.1, 0.15) is 134 Å². The fourth-order valence-corrected chi connectivity index (χ4v) is 12.9. The smallest absolute Gasteiger partial charge is 0.192 e. The number of hydrogen-bond acceptors (Lipinski definition) is 10. The summed E-state index contributed by atoms with van der Waals surface area (Å²) in [6.07, 6.45) is 10.4. The molecule has 0 aromatic heterocycles. The Morgan fingerprint density at radius 3 is 0.958 bits per heavy atom. The predicted molar refractivity (Wildman–Crippen MR) is 325 cm³/mol. The van der Waals surface area contributed by atoms with E-state index in [4.69, 9.17) is 36.7 Å². The zero-order chi connectivity index (χ0) is 56.3. The Kier molecular flexibility index (Phi) is 31.4. The summed E-state index contributed by atoms with van der Waals surface area (Å²) in [5.41, 5.74) is 0. The fourth-order valence-electron chi connectivity index (χ4n) is 6.42. The maximum Gasteiger partial charge on any atom is 0.192 e. The SMILES string of the molecule is CC(C)(C)[Si](C)(C)OCCC/C=C/[C@@H](OCOCC[Si](C)(C)C)[C@@H](O)CC[C@@H](O[Si](C)(C)C(C)(C)C)[C@@H](CC[C@H](O)[C@@H](/C=C/CCCO[Si](C)(C)C(C)(C)C)OCOCC[Si](C)(C)C)O[Si](C)(C)C(C)(C)C. The van der Waals surface area contributed by atoms with Gasteiger partial charge in [-0.2, -0.15) is 0 Å². The second-order valence-corrected chi connectivity index (χ2v) is 59.8. The first kappa shape index (κ1) is 72.4. The average molecular weight is 1120 g/mol. The first-order valence-corrected chi connectivity index (χ1v) is 47.1. The van der Waals surface area contributed by atoms with Crippen molar-refractivity contribution in [2.45, 2.75) is 295 Å². The van der Waals surface area contributed by atoms with Crippen molar-refractivity contribution in [3.05, 3.63) is 24.3 Å². The summed E-state index contributed by atoms with van der Waals surface area (Å²) in [5.74, 6) is 0. The molecule has 0 saturated carbocycles. The van der Waals surface area contributed by atoms with Crippen LogP contribution >= 0.6 is 0 Å². The van der Waals surface area contributed by atoms with Gasteiger partial charge in [0, 0.05) is 42.6 Å². The highest BCUT2D eigenvalue weighted by Gasteiger charge is 2.45. The molecule has 0 radical (unpaired) electrons. The average Bonchev–Trinajstić information content (AvgIpc) is 3.18. The minimum Gasteiger partial charge on any atom is -0.417 e. The molecule has 430 valence electrons. The number of aliphatic hydroxyl groups excluding tert-OH is 2. The Morgan fingerprint density at radius 2 is 0.694 bits per heavy atom. The maximum absolute atomic E-state index is 12.1. The zero-order valence-corrected chi connectivity index (χ0v) is 58.2. The van der Waals surface area contributed by atoms with Crippen molar-refractivity contribution in [3.8, 4) is 0 Å². The summed E-state index contributed by atoms with van der Waals surface area (Å²) < 4.78 is 52.5. The van der Waals surface area contributed by atoms with Crippen molar-refractivity contribution in [1.82, 2.24) is 0 Å². The van der Waals surface area contributed by atoms with Gasteiger partial charge in [0.25, 0.3) is 0 Å². The van der Waals surface area contributed by atoms with Crippen LogP contribution in [0.4, 0.5) is 0 Å². The molecule has 0 aliphatic carbocycles. The van der Waals surface area contributed by atoms with Crippen LogP contribution in [0.25, 0.3) is 0 Å². The van der Waals surface area contributed by atoms with E-state index in [0.29, 0.717) is 52.1 Å². The molecule has 72 heavy (non-hydrogen) atoms. The Labute approximate surface area is 453 Å². The van der Waals surface area contributed by atoms with Crippen molar-refractivity contribution >= 4 is 49.4 Å². The van der Waals surface area contributed by atoms with Gasteiger partial charge in [0.05, 0.1) is 24.4 Å². The summed E-state index contributed by atoms with van der Waals surface area (Å²) in [7, 11) is -10.9. The Bertz CT molecular complexity index is 1400. The second-order valence-electron chi connectivity index (χ2n) is 29.4. The van der Waals surface area contributed by atoms with Gasteiger partial charge in [0.2, 0.25) is 0 Å². The largest absolute Gasteiger partial charge is 0.417 e. The molecule has 0 bridgehead atoms. The lowest BCUT2D eigenvalue weighted by Crippen LogP contribution is -2.52. The van der Waals surface area contributed by atoms with Gasteiger partial charge in [-0.05, 0) is 136 Å². The molecule has 0 fully saturated rings. The van der Waals surface area contributed by atoms with Crippen molar-refractivity contribution in [1.29, 1.82) is 0 Å². The van der Waals surface area contributed by atoms with Gasteiger partial charge in [-0.15, -0.1) is 0 Å². The van der Waals surface area contributed by atoms with Gasteiger partial charge in [0.1, 0.15) is 25.8 Å². The number of aliphatic hydroxyl groups is 2. The third-order valence-electron chi connectivity index (χ3n) is 16.1. The summed E-state index contributed by atoms with van der Waals surface area (Å²) >= 11 is 0. The van der Waals surface area contributed by atoms with Crippen LogP contribution in [0, 0.1) is 0 Å². The van der Waals surface area contributed by atoms with Crippen molar-refractivity contribution in [2.24, 2.45) is 0 Å². The highest BCUT2D eigenvalue weighted by Crippen LogP contribution is 2.43.